The Kier molecular flexibility index (Phi) is 4.54. The molecule has 1 heterocycles. The molecule has 3 atom stereocenters. The molecule has 15 heavy (non-hydrogen) atoms. The number of carbonyl (C=O) groups is 1. The third kappa shape index (κ3) is 2.92. The Hall–Kier alpha value is -0.610. The Bertz CT molecular complexity index is 216. The minimum Gasteiger partial charge on any atom is -0.480 e. The number of rotatable bonds is 5. The number of nitrogens with zero attached hydrogens (tertiary/aromatic N) is 1. The van der Waals surface area contributed by atoms with Crippen LogP contribution in [-0.4, -0.2) is 47.3 Å². The predicted octanol–water partition coefficient (Wildman–Crippen LogP) is 1.35. The smallest absolute Gasteiger partial charge is 0.323 e. The topological polar surface area (TPSA) is 49.8 Å². The molecule has 0 amide bonds. The maximum Gasteiger partial charge on any atom is 0.323 e. The van der Waals surface area contributed by atoms with Gasteiger partial charge in [-0.1, -0.05) is 13.8 Å². The van der Waals surface area contributed by atoms with E-state index in [1.54, 1.807) is 0 Å². The van der Waals surface area contributed by atoms with E-state index in [-0.39, 0.29) is 12.2 Å². The molecule has 0 aliphatic carbocycles. The summed E-state index contributed by atoms with van der Waals surface area (Å²) >= 11 is 0. The summed E-state index contributed by atoms with van der Waals surface area (Å²) in [6, 6.07) is -0.482. The van der Waals surface area contributed by atoms with Crippen LogP contribution < -0.4 is 0 Å². The highest BCUT2D eigenvalue weighted by molar-refractivity contribution is 5.74. The van der Waals surface area contributed by atoms with Crippen molar-refractivity contribution in [2.75, 3.05) is 13.1 Å². The van der Waals surface area contributed by atoms with Crippen LogP contribution in [0.15, 0.2) is 0 Å². The molecular formula is C11H21NO3. The molecule has 0 aromatic heterocycles. The summed E-state index contributed by atoms with van der Waals surface area (Å²) in [6.45, 7) is 7.47. The Labute approximate surface area is 91.2 Å². The van der Waals surface area contributed by atoms with Gasteiger partial charge in [0.05, 0.1) is 12.2 Å². The van der Waals surface area contributed by atoms with Crippen molar-refractivity contribution in [2.45, 2.75) is 51.9 Å². The third-order valence-electron chi connectivity index (χ3n) is 3.08. The molecule has 0 bridgehead atoms. The highest BCUT2D eigenvalue weighted by Crippen LogP contribution is 2.24. The zero-order chi connectivity index (χ0) is 11.4. The van der Waals surface area contributed by atoms with Crippen LogP contribution in [0.1, 0.15) is 33.6 Å². The number of hydrogen-bond donors (Lipinski definition) is 1. The number of aliphatic carboxylic acids is 1. The van der Waals surface area contributed by atoms with Gasteiger partial charge in [0.25, 0.3) is 0 Å². The molecule has 1 aliphatic rings. The van der Waals surface area contributed by atoms with E-state index < -0.39 is 12.0 Å². The Morgan fingerprint density at radius 1 is 1.47 bits per heavy atom. The maximum absolute atomic E-state index is 11.2. The fourth-order valence-electron chi connectivity index (χ4n) is 2.23. The number of carboxylic acid groups (broad SMARTS) is 1. The van der Waals surface area contributed by atoms with Crippen LogP contribution >= 0.6 is 0 Å². The first-order valence-electron chi connectivity index (χ1n) is 5.72. The van der Waals surface area contributed by atoms with E-state index in [1.165, 1.54) is 0 Å². The second kappa shape index (κ2) is 5.47. The number of likely N-dealkylation sites (N-methyl/N-ethyl adjacent to an activating group) is 1. The van der Waals surface area contributed by atoms with Gasteiger partial charge in [0.1, 0.15) is 6.04 Å². The van der Waals surface area contributed by atoms with Crippen molar-refractivity contribution in [3.63, 3.8) is 0 Å². The van der Waals surface area contributed by atoms with Gasteiger partial charge in [-0.15, -0.1) is 0 Å². The van der Waals surface area contributed by atoms with Crippen molar-refractivity contribution in [1.82, 2.24) is 4.90 Å². The number of ether oxygens (including phenoxy) is 1. The molecule has 1 rings (SSSR count). The van der Waals surface area contributed by atoms with E-state index >= 15 is 0 Å². The van der Waals surface area contributed by atoms with Crippen molar-refractivity contribution in [3.8, 4) is 0 Å². The summed E-state index contributed by atoms with van der Waals surface area (Å²) in [4.78, 5) is 13.2. The van der Waals surface area contributed by atoms with Crippen LogP contribution in [0.4, 0.5) is 0 Å². The van der Waals surface area contributed by atoms with Crippen molar-refractivity contribution >= 4 is 5.97 Å². The van der Waals surface area contributed by atoms with E-state index in [2.05, 4.69) is 0 Å². The molecule has 0 aromatic carbocycles. The maximum atomic E-state index is 11.2. The van der Waals surface area contributed by atoms with Crippen molar-refractivity contribution in [1.29, 1.82) is 0 Å². The Morgan fingerprint density at radius 3 is 2.40 bits per heavy atom. The third-order valence-corrected chi connectivity index (χ3v) is 3.08. The van der Waals surface area contributed by atoms with Crippen molar-refractivity contribution < 1.29 is 14.6 Å². The molecule has 3 unspecified atom stereocenters. The van der Waals surface area contributed by atoms with Crippen LogP contribution in [0, 0.1) is 0 Å². The van der Waals surface area contributed by atoms with Crippen LogP contribution in [0.2, 0.25) is 0 Å². The fourth-order valence-corrected chi connectivity index (χ4v) is 2.23. The summed E-state index contributed by atoms with van der Waals surface area (Å²) in [7, 11) is 0. The van der Waals surface area contributed by atoms with Gasteiger partial charge in [-0.3, -0.25) is 9.69 Å². The van der Waals surface area contributed by atoms with Gasteiger partial charge in [-0.25, -0.2) is 0 Å². The lowest BCUT2D eigenvalue weighted by Crippen LogP contribution is -2.48. The average Bonchev–Trinajstić information content (AvgIpc) is 2.59. The molecule has 0 aromatic rings. The van der Waals surface area contributed by atoms with Gasteiger partial charge in [0.2, 0.25) is 0 Å². The predicted molar refractivity (Wildman–Crippen MR) is 57.9 cm³/mol. The summed E-state index contributed by atoms with van der Waals surface area (Å²) < 4.78 is 5.65. The largest absolute Gasteiger partial charge is 0.480 e. The van der Waals surface area contributed by atoms with E-state index in [1.807, 2.05) is 25.7 Å². The minimum atomic E-state index is -0.766. The lowest BCUT2D eigenvalue weighted by Gasteiger charge is -2.30. The molecule has 0 radical (unpaired) electrons. The summed E-state index contributed by atoms with van der Waals surface area (Å²) in [6.07, 6.45) is 1.88. The highest BCUT2D eigenvalue weighted by atomic mass is 16.5. The normalized spacial score (nSPS) is 28.3. The molecule has 0 saturated carbocycles. The Balaban J connectivity index is 2.69. The van der Waals surface area contributed by atoms with Crippen molar-refractivity contribution in [3.05, 3.63) is 0 Å². The minimum absolute atomic E-state index is 0.141. The van der Waals surface area contributed by atoms with E-state index in [0.717, 1.165) is 25.9 Å². The first-order valence-corrected chi connectivity index (χ1v) is 5.72. The molecule has 88 valence electrons. The van der Waals surface area contributed by atoms with Crippen LogP contribution in [0.25, 0.3) is 0 Å². The molecule has 1 saturated heterocycles. The summed E-state index contributed by atoms with van der Waals surface area (Å²) in [5.41, 5.74) is 0. The molecule has 1 fully saturated rings. The van der Waals surface area contributed by atoms with Crippen molar-refractivity contribution in [2.24, 2.45) is 0 Å². The molecule has 1 aliphatic heterocycles. The van der Waals surface area contributed by atoms with Gasteiger partial charge in [0.15, 0.2) is 0 Å². The molecule has 1 N–H and O–H groups in total. The lowest BCUT2D eigenvalue weighted by atomic mass is 10.1. The average molecular weight is 215 g/mol. The molecule has 0 spiro atoms. The lowest BCUT2D eigenvalue weighted by molar-refractivity contribution is -0.149. The summed E-state index contributed by atoms with van der Waals surface area (Å²) in [5, 5.41) is 9.23. The number of hydrogen-bond acceptors (Lipinski definition) is 3. The zero-order valence-corrected chi connectivity index (χ0v) is 9.77. The quantitative estimate of drug-likeness (QED) is 0.752. The van der Waals surface area contributed by atoms with Gasteiger partial charge in [-0.2, -0.15) is 0 Å². The van der Waals surface area contributed by atoms with E-state index in [0.29, 0.717) is 0 Å². The van der Waals surface area contributed by atoms with Crippen LogP contribution in [0.3, 0.4) is 0 Å². The first kappa shape index (κ1) is 12.5. The van der Waals surface area contributed by atoms with Gasteiger partial charge in [-0.05, 0) is 32.9 Å². The van der Waals surface area contributed by atoms with E-state index in [9.17, 15) is 9.90 Å². The summed E-state index contributed by atoms with van der Waals surface area (Å²) in [5.74, 6) is -0.766. The fraction of sp³-hybridized carbons (Fsp3) is 0.909. The van der Waals surface area contributed by atoms with Gasteiger partial charge < -0.3 is 9.84 Å². The van der Waals surface area contributed by atoms with E-state index in [4.69, 9.17) is 4.74 Å². The molecule has 4 nitrogen and oxygen atoms in total. The monoisotopic (exact) mass is 215 g/mol. The standard InChI is InChI=1S/C11H21NO3/c1-4-12(5-2)10(11(13)14)9-7-6-8(3)15-9/h8-10H,4-7H2,1-3H3,(H,13,14). The second-order valence-electron chi connectivity index (χ2n) is 4.07. The number of carboxylic acids is 1. The molecule has 4 heteroatoms. The highest BCUT2D eigenvalue weighted by Gasteiger charge is 2.37. The second-order valence-corrected chi connectivity index (χ2v) is 4.07. The molecular weight excluding hydrogens is 194 g/mol. The Morgan fingerprint density at radius 2 is 2.07 bits per heavy atom. The zero-order valence-electron chi connectivity index (χ0n) is 9.77. The van der Waals surface area contributed by atoms with Gasteiger partial charge >= 0.3 is 5.97 Å². The van der Waals surface area contributed by atoms with Crippen LogP contribution in [-0.2, 0) is 9.53 Å². The van der Waals surface area contributed by atoms with Gasteiger partial charge in [0, 0.05) is 0 Å². The SMILES string of the molecule is CCN(CC)C(C(=O)O)C1CCC(C)O1. The first-order chi connectivity index (χ1) is 7.10. The van der Waals surface area contributed by atoms with Crippen LogP contribution in [0.5, 0.6) is 0 Å².